The lowest BCUT2D eigenvalue weighted by molar-refractivity contribution is 0.0945. The van der Waals surface area contributed by atoms with Crippen LogP contribution in [0.25, 0.3) is 0 Å². The molecular weight excluding hydrogens is 316 g/mol. The molecule has 1 atom stereocenters. The van der Waals surface area contributed by atoms with Crippen molar-refractivity contribution in [2.24, 2.45) is 5.92 Å². The second kappa shape index (κ2) is 8.46. The Morgan fingerprint density at radius 3 is 2.80 bits per heavy atom. The van der Waals surface area contributed by atoms with Gasteiger partial charge in [0.2, 0.25) is 5.88 Å². The predicted molar refractivity (Wildman–Crippen MR) is 96.9 cm³/mol. The molecule has 6 nitrogen and oxygen atoms in total. The lowest BCUT2D eigenvalue weighted by atomic mass is 9.98. The van der Waals surface area contributed by atoms with E-state index in [4.69, 9.17) is 4.74 Å². The molecule has 0 unspecified atom stereocenters. The van der Waals surface area contributed by atoms with E-state index in [1.165, 1.54) is 0 Å². The number of anilines is 1. The number of ether oxygens (including phenoxy) is 1. The fraction of sp³-hybridized carbons (Fsp3) is 0.421. The van der Waals surface area contributed by atoms with Crippen molar-refractivity contribution < 1.29 is 9.53 Å². The fourth-order valence-corrected chi connectivity index (χ4v) is 3.07. The summed E-state index contributed by atoms with van der Waals surface area (Å²) in [6, 6.07) is 13.1. The molecular formula is C19H24N4O2. The summed E-state index contributed by atoms with van der Waals surface area (Å²) < 4.78 is 5.34. The Bertz CT molecular complexity index is 676. The van der Waals surface area contributed by atoms with Crippen LogP contribution in [0.1, 0.15) is 30.1 Å². The van der Waals surface area contributed by atoms with Crippen molar-refractivity contribution in [1.82, 2.24) is 15.5 Å². The molecule has 1 saturated heterocycles. The number of rotatable bonds is 6. The fourth-order valence-electron chi connectivity index (χ4n) is 3.07. The molecule has 132 valence electrons. The molecule has 1 aliphatic heterocycles. The zero-order valence-corrected chi connectivity index (χ0v) is 14.5. The average Bonchev–Trinajstić information content (AvgIpc) is 2.68. The van der Waals surface area contributed by atoms with E-state index in [0.717, 1.165) is 31.7 Å². The normalized spacial score (nSPS) is 17.2. The lowest BCUT2D eigenvalue weighted by Gasteiger charge is -2.33. The van der Waals surface area contributed by atoms with E-state index >= 15 is 0 Å². The van der Waals surface area contributed by atoms with E-state index in [2.05, 4.69) is 20.4 Å². The number of hydrogen-bond donors (Lipinski definition) is 1. The van der Waals surface area contributed by atoms with Crippen molar-refractivity contribution >= 4 is 11.7 Å². The third kappa shape index (κ3) is 4.68. The van der Waals surface area contributed by atoms with Gasteiger partial charge in [0.05, 0.1) is 6.61 Å². The minimum Gasteiger partial charge on any atom is -0.477 e. The van der Waals surface area contributed by atoms with E-state index in [-0.39, 0.29) is 5.91 Å². The van der Waals surface area contributed by atoms with Crippen LogP contribution in [0, 0.1) is 5.92 Å². The minimum absolute atomic E-state index is 0.0152. The summed E-state index contributed by atoms with van der Waals surface area (Å²) >= 11 is 0. The third-order valence-corrected chi connectivity index (χ3v) is 4.35. The number of nitrogens with one attached hydrogen (secondary N) is 1. The number of carbonyl (C=O) groups excluding carboxylic acids is 1. The monoisotopic (exact) mass is 340 g/mol. The highest BCUT2D eigenvalue weighted by atomic mass is 16.5. The Morgan fingerprint density at radius 1 is 1.24 bits per heavy atom. The van der Waals surface area contributed by atoms with Crippen LogP contribution in [-0.4, -0.2) is 42.3 Å². The molecule has 1 aromatic heterocycles. The molecule has 25 heavy (non-hydrogen) atoms. The Morgan fingerprint density at radius 2 is 2.08 bits per heavy atom. The molecule has 1 N–H and O–H groups in total. The van der Waals surface area contributed by atoms with Crippen LogP contribution in [0.3, 0.4) is 0 Å². The highest BCUT2D eigenvalue weighted by Crippen LogP contribution is 2.21. The maximum atomic E-state index is 12.2. The first-order valence-electron chi connectivity index (χ1n) is 8.81. The number of carbonyl (C=O) groups is 1. The topological polar surface area (TPSA) is 67.3 Å². The van der Waals surface area contributed by atoms with E-state index in [1.54, 1.807) is 0 Å². The maximum absolute atomic E-state index is 12.2. The molecule has 1 amide bonds. The number of aromatic nitrogens is 2. The number of nitrogens with zero attached hydrogens (tertiary/aromatic N) is 3. The molecule has 6 heteroatoms. The molecule has 2 heterocycles. The van der Waals surface area contributed by atoms with Crippen LogP contribution < -0.4 is 15.0 Å². The number of amides is 1. The average molecular weight is 340 g/mol. The molecule has 0 saturated carbocycles. The van der Waals surface area contributed by atoms with Gasteiger partial charge in [0, 0.05) is 31.3 Å². The lowest BCUT2D eigenvalue weighted by Crippen LogP contribution is -2.41. The smallest absolute Gasteiger partial charge is 0.251 e. The van der Waals surface area contributed by atoms with Crippen molar-refractivity contribution in [3.05, 3.63) is 48.0 Å². The van der Waals surface area contributed by atoms with Gasteiger partial charge in [0.1, 0.15) is 0 Å². The minimum atomic E-state index is -0.0152. The summed E-state index contributed by atoms with van der Waals surface area (Å²) in [4.78, 5) is 14.4. The summed E-state index contributed by atoms with van der Waals surface area (Å²) in [7, 11) is 0. The Balaban J connectivity index is 1.53. The molecule has 0 bridgehead atoms. The Hall–Kier alpha value is -2.63. The molecule has 0 spiro atoms. The molecule has 1 aromatic carbocycles. The van der Waals surface area contributed by atoms with Gasteiger partial charge in [-0.2, -0.15) is 0 Å². The van der Waals surface area contributed by atoms with Crippen molar-refractivity contribution in [3.63, 3.8) is 0 Å². The molecule has 1 fully saturated rings. The van der Waals surface area contributed by atoms with Crippen LogP contribution in [0.5, 0.6) is 5.88 Å². The van der Waals surface area contributed by atoms with Crippen LogP contribution in [0.2, 0.25) is 0 Å². The van der Waals surface area contributed by atoms with Crippen molar-refractivity contribution in [2.75, 3.05) is 31.1 Å². The number of piperidine rings is 1. The summed E-state index contributed by atoms with van der Waals surface area (Å²) in [5.74, 6) is 1.81. The first-order chi connectivity index (χ1) is 12.3. The van der Waals surface area contributed by atoms with E-state index in [1.807, 2.05) is 49.4 Å². The summed E-state index contributed by atoms with van der Waals surface area (Å²) in [5, 5.41) is 11.4. The van der Waals surface area contributed by atoms with Crippen molar-refractivity contribution in [1.29, 1.82) is 0 Å². The van der Waals surface area contributed by atoms with Gasteiger partial charge in [-0.1, -0.05) is 18.2 Å². The number of benzene rings is 1. The molecule has 0 radical (unpaired) electrons. The van der Waals surface area contributed by atoms with E-state index in [9.17, 15) is 4.79 Å². The summed E-state index contributed by atoms with van der Waals surface area (Å²) in [6.45, 7) is 5.02. The van der Waals surface area contributed by atoms with E-state index < -0.39 is 0 Å². The van der Waals surface area contributed by atoms with Gasteiger partial charge in [-0.25, -0.2) is 0 Å². The van der Waals surface area contributed by atoms with Crippen LogP contribution >= 0.6 is 0 Å². The Labute approximate surface area is 148 Å². The quantitative estimate of drug-likeness (QED) is 0.875. The second-order valence-corrected chi connectivity index (χ2v) is 6.19. The zero-order valence-electron chi connectivity index (χ0n) is 14.5. The standard InChI is InChI=1S/C19H24N4O2/c1-2-25-18-11-10-17(21-22-18)23-12-6-7-15(14-23)13-20-19(24)16-8-4-3-5-9-16/h3-5,8-11,15H,2,6-7,12-14H2,1H3,(H,20,24)/t15-/m0/s1. The van der Waals surface area contributed by atoms with Gasteiger partial charge >= 0.3 is 0 Å². The Kier molecular flexibility index (Phi) is 5.82. The highest BCUT2D eigenvalue weighted by Gasteiger charge is 2.22. The van der Waals surface area contributed by atoms with Gasteiger partial charge in [0.15, 0.2) is 5.82 Å². The summed E-state index contributed by atoms with van der Waals surface area (Å²) in [5.41, 5.74) is 0.701. The van der Waals surface area contributed by atoms with E-state index in [0.29, 0.717) is 30.5 Å². The van der Waals surface area contributed by atoms with Gasteiger partial charge < -0.3 is 15.0 Å². The van der Waals surface area contributed by atoms with Crippen molar-refractivity contribution in [3.8, 4) is 5.88 Å². The zero-order chi connectivity index (χ0) is 17.5. The summed E-state index contributed by atoms with van der Waals surface area (Å²) in [6.07, 6.45) is 2.19. The third-order valence-electron chi connectivity index (χ3n) is 4.35. The first-order valence-corrected chi connectivity index (χ1v) is 8.81. The number of hydrogen-bond acceptors (Lipinski definition) is 5. The van der Waals surface area contributed by atoms with Crippen LogP contribution in [-0.2, 0) is 0 Å². The SMILES string of the molecule is CCOc1ccc(N2CCC[C@@H](CNC(=O)c3ccccc3)C2)nn1. The van der Waals surface area contributed by atoms with Gasteiger partial charge in [-0.05, 0) is 43.9 Å². The molecule has 2 aromatic rings. The molecule has 0 aliphatic carbocycles. The van der Waals surface area contributed by atoms with Crippen LogP contribution in [0.15, 0.2) is 42.5 Å². The maximum Gasteiger partial charge on any atom is 0.251 e. The van der Waals surface area contributed by atoms with Crippen LogP contribution in [0.4, 0.5) is 5.82 Å². The molecule has 1 aliphatic rings. The van der Waals surface area contributed by atoms with Gasteiger partial charge in [-0.3, -0.25) is 4.79 Å². The predicted octanol–water partition coefficient (Wildman–Crippen LogP) is 2.52. The highest BCUT2D eigenvalue weighted by molar-refractivity contribution is 5.94. The largest absolute Gasteiger partial charge is 0.477 e. The van der Waals surface area contributed by atoms with Crippen molar-refractivity contribution in [2.45, 2.75) is 19.8 Å². The van der Waals surface area contributed by atoms with Gasteiger partial charge in [-0.15, -0.1) is 10.2 Å². The molecule has 3 rings (SSSR count). The van der Waals surface area contributed by atoms with Gasteiger partial charge in [0.25, 0.3) is 5.91 Å². The second-order valence-electron chi connectivity index (χ2n) is 6.19. The first kappa shape index (κ1) is 17.2.